The normalized spacial score (nSPS) is 14.6. The quantitative estimate of drug-likeness (QED) is 0.0332. The highest BCUT2D eigenvalue weighted by Gasteiger charge is 2.40. The van der Waals surface area contributed by atoms with E-state index in [9.17, 15) is 24.3 Å². The number of hydrogen-bond acceptors (Lipinski definition) is 9. The van der Waals surface area contributed by atoms with Crippen molar-refractivity contribution in [3.8, 4) is 33.9 Å². The van der Waals surface area contributed by atoms with E-state index in [1.807, 2.05) is 30.0 Å². The first-order chi connectivity index (χ1) is 34.3. The van der Waals surface area contributed by atoms with Crippen LogP contribution >= 0.6 is 11.8 Å². The Morgan fingerprint density at radius 2 is 1.46 bits per heavy atom. The van der Waals surface area contributed by atoms with Gasteiger partial charge in [-0.05, 0) is 99.0 Å². The zero-order valence-electron chi connectivity index (χ0n) is 39.3. The van der Waals surface area contributed by atoms with E-state index in [0.29, 0.717) is 65.9 Å². The number of benzene rings is 5. The second kappa shape index (κ2) is 21.3. The number of rotatable bonds is 20. The number of carbonyl (C=O) groups excluding carboxylic acids is 3. The molecule has 4 aliphatic heterocycles. The third-order valence-corrected chi connectivity index (χ3v) is 14.8. The highest BCUT2D eigenvalue weighted by atomic mass is 32.2. The van der Waals surface area contributed by atoms with Crippen LogP contribution in [0.1, 0.15) is 93.0 Å². The van der Waals surface area contributed by atoms with Crippen molar-refractivity contribution in [1.82, 2.24) is 16.0 Å². The van der Waals surface area contributed by atoms with Crippen LogP contribution in [-0.2, 0) is 16.1 Å². The Balaban J connectivity index is 0.587. The molecule has 1 aromatic heterocycles. The lowest BCUT2D eigenvalue weighted by Crippen LogP contribution is -2.38. The van der Waals surface area contributed by atoms with Crippen LogP contribution in [0.3, 0.4) is 0 Å². The molecule has 3 amide bonds. The van der Waals surface area contributed by atoms with E-state index in [1.165, 1.54) is 55.9 Å². The number of pyridine rings is 1. The van der Waals surface area contributed by atoms with E-state index in [1.54, 1.807) is 24.3 Å². The van der Waals surface area contributed by atoms with E-state index < -0.39 is 0 Å². The molecule has 0 saturated heterocycles. The van der Waals surface area contributed by atoms with E-state index in [-0.39, 0.29) is 35.0 Å². The summed E-state index contributed by atoms with van der Waals surface area (Å²) in [6, 6.07) is 34.1. The fourth-order valence-electron chi connectivity index (χ4n) is 10.2. The molecular weight excluding hydrogens is 899 g/mol. The fraction of sp³-hybridized carbons (Fsp3) is 0.316. The van der Waals surface area contributed by atoms with Crippen LogP contribution in [-0.4, -0.2) is 55.1 Å². The molecule has 358 valence electrons. The smallest absolute Gasteiger partial charge is 0.251 e. The van der Waals surface area contributed by atoms with E-state index in [2.05, 4.69) is 80.1 Å². The summed E-state index contributed by atoms with van der Waals surface area (Å²) in [5.41, 5.74) is 7.87. The number of nitrogens with one attached hydrogen (secondary N) is 3. The number of unbranched alkanes of at least 4 members (excludes halogenated alkanes) is 6. The monoisotopic (exact) mass is 956 g/mol. The minimum absolute atomic E-state index is 0.0242. The summed E-state index contributed by atoms with van der Waals surface area (Å²) in [6.45, 7) is 3.54. The number of fused-ring (bicyclic) bond motifs is 7. The number of hydrogen-bond donors (Lipinski definition) is 4. The van der Waals surface area contributed by atoms with Gasteiger partial charge in [0.25, 0.3) is 5.91 Å². The Hall–Kier alpha value is -7.12. The minimum Gasteiger partial charge on any atom is -0.508 e. The van der Waals surface area contributed by atoms with E-state index >= 15 is 0 Å². The summed E-state index contributed by atoms with van der Waals surface area (Å²) in [6.07, 6.45) is 11.9. The number of ether oxygens (including phenoxy) is 1. The lowest BCUT2D eigenvalue weighted by atomic mass is 9.90. The van der Waals surface area contributed by atoms with Gasteiger partial charge >= 0.3 is 0 Å². The standard InChI is InChI=1S/C57H57N5O7S/c63-37-23-25-41-48(35-37)69-49-36-38(64)24-26-42(49)53(41)39-15-6-7-16-40(39)56(67)60-31-10-1-4-21-51(65)58-29-11-3-12-30-59-52(66)22-5-2-13-32-61-33-27-43-54-45(61)18-14-19-46(54)68-47-28-34-62-44-17-8-9-20-50(44)70-57(62)55(43)47/h6-9,14-20,23-27,33,35-36,47H,1-5,10-13,21-22,28-32,34H2,(H3-,58,59,60,63,64,65,66,67)/p+1. The van der Waals surface area contributed by atoms with Gasteiger partial charge in [-0.3, -0.25) is 19.2 Å². The number of nitrogens with zero attached hydrogens (tertiary/aromatic N) is 2. The Morgan fingerprint density at radius 3 is 2.29 bits per heavy atom. The molecule has 5 aromatic rings. The second-order valence-corrected chi connectivity index (χ2v) is 19.4. The van der Waals surface area contributed by atoms with Gasteiger partial charge in [0.15, 0.2) is 11.6 Å². The van der Waals surface area contributed by atoms with Crippen LogP contribution in [0.2, 0.25) is 0 Å². The van der Waals surface area contributed by atoms with Crippen LogP contribution in [0.15, 0.2) is 135 Å². The molecule has 5 aliphatic rings. The molecular formula is C57H58N5O7S+. The second-order valence-electron chi connectivity index (χ2n) is 18.4. The number of phenols is 1. The van der Waals surface area contributed by atoms with Crippen LogP contribution in [0.25, 0.3) is 49.9 Å². The largest absolute Gasteiger partial charge is 0.508 e. The molecule has 13 heteroatoms. The lowest BCUT2D eigenvalue weighted by Gasteiger charge is -2.37. The Morgan fingerprint density at radius 1 is 0.714 bits per heavy atom. The third kappa shape index (κ3) is 9.98. The SMILES string of the molecule is O=C(CCCCCNC(=O)c1ccccc1-c1c2ccc(=O)cc-2oc2cc(O)ccc12)NCCCCCNC(=O)CCCCC[n+]1ccc2c3c(cccc31)OC1CCN3C(=C21)Sc1ccccc13. The maximum absolute atomic E-state index is 13.5. The van der Waals surface area contributed by atoms with Gasteiger partial charge in [0, 0.05) is 114 Å². The van der Waals surface area contributed by atoms with Crippen molar-refractivity contribution in [2.45, 2.75) is 94.6 Å². The van der Waals surface area contributed by atoms with Gasteiger partial charge in [0.05, 0.1) is 16.1 Å². The molecule has 10 rings (SSSR count). The number of aromatic nitrogens is 1. The van der Waals surface area contributed by atoms with Gasteiger partial charge in [0.1, 0.15) is 35.5 Å². The van der Waals surface area contributed by atoms with Crippen molar-refractivity contribution in [2.24, 2.45) is 0 Å². The predicted molar refractivity (Wildman–Crippen MR) is 275 cm³/mol. The van der Waals surface area contributed by atoms with Gasteiger partial charge in [-0.15, -0.1) is 0 Å². The van der Waals surface area contributed by atoms with Gasteiger partial charge in [-0.25, -0.2) is 0 Å². The Labute approximate surface area is 411 Å². The highest BCUT2D eigenvalue weighted by molar-refractivity contribution is 8.04. The molecule has 0 bridgehead atoms. The number of carbonyl (C=O) groups is 3. The minimum atomic E-state index is -0.223. The maximum atomic E-state index is 13.5. The first-order valence-electron chi connectivity index (χ1n) is 24.8. The van der Waals surface area contributed by atoms with Crippen molar-refractivity contribution in [2.75, 3.05) is 31.1 Å². The van der Waals surface area contributed by atoms with E-state index in [0.717, 1.165) is 88.6 Å². The molecule has 4 N–H and O–H groups in total. The predicted octanol–water partition coefficient (Wildman–Crippen LogP) is 10.1. The first kappa shape index (κ1) is 46.6. The molecule has 1 unspecified atom stereocenters. The Bertz CT molecular complexity index is 3170. The fourth-order valence-corrected chi connectivity index (χ4v) is 11.4. The number of thioether (sulfide) groups is 1. The van der Waals surface area contributed by atoms with Crippen LogP contribution in [0.4, 0.5) is 5.69 Å². The summed E-state index contributed by atoms with van der Waals surface area (Å²) in [7, 11) is 0. The molecule has 4 aromatic carbocycles. The molecule has 0 fully saturated rings. The topological polar surface area (TPSA) is 154 Å². The number of anilines is 1. The van der Waals surface area contributed by atoms with E-state index in [4.69, 9.17) is 9.15 Å². The number of amides is 3. The average molecular weight is 957 g/mol. The molecule has 1 atom stereocenters. The third-order valence-electron chi connectivity index (χ3n) is 13.6. The highest BCUT2D eigenvalue weighted by Crippen LogP contribution is 2.54. The summed E-state index contributed by atoms with van der Waals surface area (Å²) < 4.78 is 15.0. The van der Waals surface area contributed by atoms with Gasteiger partial charge < -0.3 is 35.1 Å². The zero-order chi connectivity index (χ0) is 48.0. The van der Waals surface area contributed by atoms with Crippen molar-refractivity contribution < 1.29 is 33.2 Å². The molecule has 0 radical (unpaired) electrons. The van der Waals surface area contributed by atoms with Crippen LogP contribution < -0.4 is 35.6 Å². The molecule has 1 aliphatic carbocycles. The molecule has 12 nitrogen and oxygen atoms in total. The Kier molecular flexibility index (Phi) is 14.1. The number of aromatic hydroxyl groups is 1. The molecule has 0 spiro atoms. The average Bonchev–Trinajstić information content (AvgIpc) is 3.75. The van der Waals surface area contributed by atoms with Crippen molar-refractivity contribution in [1.29, 1.82) is 0 Å². The van der Waals surface area contributed by atoms with Gasteiger partial charge in [-0.1, -0.05) is 54.6 Å². The van der Waals surface area contributed by atoms with Crippen LogP contribution in [0, 0.1) is 0 Å². The van der Waals surface area contributed by atoms with Gasteiger partial charge in [-0.2, -0.15) is 4.57 Å². The summed E-state index contributed by atoms with van der Waals surface area (Å²) in [5.74, 6) is 1.26. The summed E-state index contributed by atoms with van der Waals surface area (Å²) in [4.78, 5) is 54.6. The summed E-state index contributed by atoms with van der Waals surface area (Å²) >= 11 is 1.86. The van der Waals surface area contributed by atoms with Crippen LogP contribution in [0.5, 0.6) is 11.5 Å². The maximum Gasteiger partial charge on any atom is 0.251 e. The molecule has 70 heavy (non-hydrogen) atoms. The number of para-hydroxylation sites is 1. The first-order valence-corrected chi connectivity index (χ1v) is 25.6. The molecule has 5 heterocycles. The number of aryl methyl sites for hydroxylation is 1. The van der Waals surface area contributed by atoms with Crippen molar-refractivity contribution in [3.63, 3.8) is 0 Å². The summed E-state index contributed by atoms with van der Waals surface area (Å²) in [5, 5.41) is 22.4. The number of phenolic OH excluding ortho intramolecular Hbond substituents is 1. The van der Waals surface area contributed by atoms with Gasteiger partial charge in [0.2, 0.25) is 17.3 Å². The van der Waals surface area contributed by atoms with Crippen molar-refractivity contribution >= 4 is 62.6 Å². The zero-order valence-corrected chi connectivity index (χ0v) is 40.1. The molecule has 0 saturated carbocycles. The lowest BCUT2D eigenvalue weighted by molar-refractivity contribution is -0.671. The van der Waals surface area contributed by atoms with Crippen molar-refractivity contribution in [3.05, 3.63) is 142 Å².